The molecule has 4 unspecified atom stereocenters. The third-order valence-corrected chi connectivity index (χ3v) is 5.05. The van der Waals surface area contributed by atoms with Gasteiger partial charge in [0.2, 0.25) is 17.7 Å². The molecule has 0 aliphatic carbocycles. The summed E-state index contributed by atoms with van der Waals surface area (Å²) in [5.74, 6) is -3.21. The number of carboxylic acids is 1. The van der Waals surface area contributed by atoms with E-state index in [9.17, 15) is 24.3 Å². The van der Waals surface area contributed by atoms with Crippen LogP contribution in [0.4, 0.5) is 0 Å². The Labute approximate surface area is 198 Å². The molecule has 4 atom stereocenters. The average molecular weight is 484 g/mol. The number of imidazole rings is 1. The van der Waals surface area contributed by atoms with Gasteiger partial charge in [0.25, 0.3) is 0 Å². The van der Waals surface area contributed by atoms with E-state index in [2.05, 4.69) is 25.9 Å². The maximum Gasteiger partial charge on any atom is 0.326 e. The van der Waals surface area contributed by atoms with Gasteiger partial charge in [-0.3, -0.25) is 14.4 Å². The topological polar surface area (TPSA) is 226 Å². The molecule has 10 N–H and O–H groups in total. The van der Waals surface area contributed by atoms with Crippen LogP contribution >= 0.6 is 0 Å². The van der Waals surface area contributed by atoms with Gasteiger partial charge in [0.1, 0.15) is 24.2 Å². The number of rotatable bonds is 16. The highest BCUT2D eigenvalue weighted by atomic mass is 16.4. The summed E-state index contributed by atoms with van der Waals surface area (Å²) in [6.45, 7) is 3.52. The first-order chi connectivity index (χ1) is 16.1. The Morgan fingerprint density at radius 2 is 1.65 bits per heavy atom. The van der Waals surface area contributed by atoms with Crippen LogP contribution < -0.4 is 27.4 Å². The summed E-state index contributed by atoms with van der Waals surface area (Å²) in [6.07, 6.45) is 4.50. The van der Waals surface area contributed by atoms with Crippen molar-refractivity contribution in [3.8, 4) is 0 Å². The molecule has 0 aromatic carbocycles. The number of carbonyl (C=O) groups excluding carboxylic acids is 3. The number of nitrogens with zero attached hydrogens (tertiary/aromatic N) is 1. The number of nitrogens with two attached hydrogens (primary N) is 2. The summed E-state index contributed by atoms with van der Waals surface area (Å²) in [7, 11) is 0. The molecule has 0 saturated heterocycles. The molecule has 0 radical (unpaired) electrons. The van der Waals surface area contributed by atoms with E-state index in [1.54, 1.807) is 0 Å². The highest BCUT2D eigenvalue weighted by molar-refractivity contribution is 5.94. The molecule has 0 aliphatic rings. The van der Waals surface area contributed by atoms with Gasteiger partial charge in [-0.05, 0) is 38.1 Å². The highest BCUT2D eigenvalue weighted by Crippen LogP contribution is 2.09. The molecule has 1 aromatic heterocycles. The van der Waals surface area contributed by atoms with Crippen LogP contribution in [0.5, 0.6) is 0 Å². The van der Waals surface area contributed by atoms with Crippen LogP contribution in [0.15, 0.2) is 12.5 Å². The lowest BCUT2D eigenvalue weighted by atomic mass is 10.0. The van der Waals surface area contributed by atoms with Gasteiger partial charge < -0.3 is 42.6 Å². The molecule has 192 valence electrons. The number of carbonyl (C=O) groups is 4. The molecule has 0 aliphatic heterocycles. The van der Waals surface area contributed by atoms with Gasteiger partial charge in [0.05, 0.1) is 12.9 Å². The standard InChI is InChI=1S/C21H37N7O6/c1-12(2)7-16(20(32)28-17(21(33)34)8-13-9-24-11-25-13)27-19(31)15(5-3-4-6-22)26-18(30)14(23)10-29/h9,11-12,14-17,29H,3-8,10,22-23H2,1-2H3,(H,24,25)(H,26,30)(H,27,31)(H,28,32)(H,33,34). The van der Waals surface area contributed by atoms with Crippen molar-refractivity contribution >= 4 is 23.7 Å². The number of H-pyrrole nitrogens is 1. The molecule has 0 bridgehead atoms. The molecule has 13 nitrogen and oxygen atoms in total. The minimum Gasteiger partial charge on any atom is -0.480 e. The van der Waals surface area contributed by atoms with Crippen LogP contribution in [0.1, 0.15) is 45.2 Å². The molecular weight excluding hydrogens is 446 g/mol. The van der Waals surface area contributed by atoms with E-state index in [-0.39, 0.29) is 25.2 Å². The molecule has 1 heterocycles. The molecule has 0 saturated carbocycles. The SMILES string of the molecule is CC(C)CC(NC(=O)C(CCCCN)NC(=O)C(N)CO)C(=O)NC(Cc1cnc[nH]1)C(=O)O. The Bertz CT molecular complexity index is 787. The van der Waals surface area contributed by atoms with Gasteiger partial charge in [0.15, 0.2) is 0 Å². The largest absolute Gasteiger partial charge is 0.480 e. The summed E-state index contributed by atoms with van der Waals surface area (Å²) >= 11 is 0. The zero-order chi connectivity index (χ0) is 25.7. The number of hydrogen-bond donors (Lipinski definition) is 8. The van der Waals surface area contributed by atoms with Crippen LogP contribution in [0.2, 0.25) is 0 Å². The Morgan fingerprint density at radius 3 is 2.18 bits per heavy atom. The molecule has 0 spiro atoms. The Hall–Kier alpha value is -3.03. The van der Waals surface area contributed by atoms with E-state index >= 15 is 0 Å². The van der Waals surface area contributed by atoms with Crippen molar-refractivity contribution in [3.05, 3.63) is 18.2 Å². The number of aromatic amines is 1. The second kappa shape index (κ2) is 15.0. The van der Waals surface area contributed by atoms with Crippen molar-refractivity contribution in [1.29, 1.82) is 0 Å². The number of carboxylic acid groups (broad SMARTS) is 1. The molecular formula is C21H37N7O6. The third kappa shape index (κ3) is 10.3. The third-order valence-electron chi connectivity index (χ3n) is 5.05. The van der Waals surface area contributed by atoms with Crippen molar-refractivity contribution < 1.29 is 29.4 Å². The normalized spacial score (nSPS) is 14.6. The van der Waals surface area contributed by atoms with Gasteiger partial charge in [-0.2, -0.15) is 0 Å². The first kappa shape index (κ1) is 29.0. The van der Waals surface area contributed by atoms with Crippen LogP contribution in [0.3, 0.4) is 0 Å². The second-order valence-corrected chi connectivity index (χ2v) is 8.51. The number of unbranched alkanes of at least 4 members (excludes halogenated alkanes) is 1. The zero-order valence-electron chi connectivity index (χ0n) is 19.6. The monoisotopic (exact) mass is 483 g/mol. The fraction of sp³-hybridized carbons (Fsp3) is 0.667. The number of hydrogen-bond acceptors (Lipinski definition) is 8. The molecule has 13 heteroatoms. The van der Waals surface area contributed by atoms with Crippen LogP contribution in [0.25, 0.3) is 0 Å². The lowest BCUT2D eigenvalue weighted by Crippen LogP contribution is -2.57. The van der Waals surface area contributed by atoms with E-state index in [0.717, 1.165) is 0 Å². The average Bonchev–Trinajstić information content (AvgIpc) is 3.29. The minimum absolute atomic E-state index is 0.0000255. The van der Waals surface area contributed by atoms with Crippen molar-refractivity contribution in [2.45, 2.75) is 70.1 Å². The van der Waals surface area contributed by atoms with Crippen LogP contribution in [0, 0.1) is 5.92 Å². The lowest BCUT2D eigenvalue weighted by Gasteiger charge is -2.26. The predicted molar refractivity (Wildman–Crippen MR) is 123 cm³/mol. The minimum atomic E-state index is -1.23. The summed E-state index contributed by atoms with van der Waals surface area (Å²) in [4.78, 5) is 56.4. The lowest BCUT2D eigenvalue weighted by molar-refractivity contribution is -0.142. The number of nitrogens with one attached hydrogen (secondary N) is 4. The van der Waals surface area contributed by atoms with E-state index in [1.165, 1.54) is 12.5 Å². The van der Waals surface area contributed by atoms with Gasteiger partial charge in [-0.1, -0.05) is 13.8 Å². The van der Waals surface area contributed by atoms with Crippen molar-refractivity contribution in [3.63, 3.8) is 0 Å². The summed E-state index contributed by atoms with van der Waals surface area (Å²) in [6, 6.07) is -4.46. The zero-order valence-corrected chi connectivity index (χ0v) is 19.6. The number of aromatic nitrogens is 2. The van der Waals surface area contributed by atoms with Crippen molar-refractivity contribution in [2.24, 2.45) is 17.4 Å². The smallest absolute Gasteiger partial charge is 0.326 e. The fourth-order valence-corrected chi connectivity index (χ4v) is 3.19. The predicted octanol–water partition coefficient (Wildman–Crippen LogP) is -2.01. The van der Waals surface area contributed by atoms with Crippen LogP contribution in [-0.4, -0.2) is 81.2 Å². The maximum atomic E-state index is 13.0. The van der Waals surface area contributed by atoms with E-state index in [1.807, 2.05) is 13.8 Å². The summed E-state index contributed by atoms with van der Waals surface area (Å²) in [5.41, 5.74) is 11.6. The van der Waals surface area contributed by atoms with Gasteiger partial charge in [-0.15, -0.1) is 0 Å². The molecule has 3 amide bonds. The number of aliphatic hydroxyl groups is 1. The number of aliphatic carboxylic acids is 1. The second-order valence-electron chi connectivity index (χ2n) is 8.51. The number of amides is 3. The van der Waals surface area contributed by atoms with E-state index in [0.29, 0.717) is 25.1 Å². The Balaban J connectivity index is 2.95. The molecule has 1 aromatic rings. The van der Waals surface area contributed by atoms with Gasteiger partial charge >= 0.3 is 5.97 Å². The number of aliphatic hydroxyl groups excluding tert-OH is 1. The molecule has 1 rings (SSSR count). The van der Waals surface area contributed by atoms with Gasteiger partial charge in [-0.25, -0.2) is 9.78 Å². The first-order valence-electron chi connectivity index (χ1n) is 11.3. The molecule has 0 fully saturated rings. The summed E-state index contributed by atoms with van der Waals surface area (Å²) < 4.78 is 0. The maximum absolute atomic E-state index is 13.0. The molecule has 34 heavy (non-hydrogen) atoms. The Kier molecular flexibility index (Phi) is 12.8. The van der Waals surface area contributed by atoms with Gasteiger partial charge in [0, 0.05) is 18.3 Å². The van der Waals surface area contributed by atoms with E-state index in [4.69, 9.17) is 16.6 Å². The fourth-order valence-electron chi connectivity index (χ4n) is 3.19. The van der Waals surface area contributed by atoms with Crippen LogP contribution in [-0.2, 0) is 25.6 Å². The summed E-state index contributed by atoms with van der Waals surface area (Å²) in [5, 5.41) is 26.2. The quantitative estimate of drug-likeness (QED) is 0.121. The first-order valence-corrected chi connectivity index (χ1v) is 11.3. The van der Waals surface area contributed by atoms with Crippen molar-refractivity contribution in [1.82, 2.24) is 25.9 Å². The van der Waals surface area contributed by atoms with Crippen molar-refractivity contribution in [2.75, 3.05) is 13.2 Å². The van der Waals surface area contributed by atoms with E-state index < -0.39 is 54.5 Å². The highest BCUT2D eigenvalue weighted by Gasteiger charge is 2.30. The Morgan fingerprint density at radius 1 is 1.03 bits per heavy atom.